The monoisotopic (exact) mass is 322 g/mol. The summed E-state index contributed by atoms with van der Waals surface area (Å²) in [5.41, 5.74) is 0.579. The molecule has 0 saturated heterocycles. The predicted octanol–water partition coefficient (Wildman–Crippen LogP) is 1.74. The van der Waals surface area contributed by atoms with Crippen LogP contribution in [0.4, 0.5) is 8.78 Å². The van der Waals surface area contributed by atoms with Crippen molar-refractivity contribution in [1.29, 1.82) is 0 Å². The summed E-state index contributed by atoms with van der Waals surface area (Å²) in [6.07, 6.45) is 0. The van der Waals surface area contributed by atoms with Crippen LogP contribution in [0.1, 0.15) is 5.56 Å². The fourth-order valence-electron chi connectivity index (χ4n) is 1.83. The van der Waals surface area contributed by atoms with Gasteiger partial charge in [0.05, 0.1) is 4.90 Å². The van der Waals surface area contributed by atoms with E-state index in [1.165, 1.54) is 12.1 Å². The summed E-state index contributed by atoms with van der Waals surface area (Å²) in [7, 11) is -4.05. The van der Waals surface area contributed by atoms with Crippen molar-refractivity contribution >= 4 is 61.4 Å². The number of hydrogen-bond donors (Lipinski definition) is 1. The Morgan fingerprint density at radius 2 is 1.85 bits per heavy atom. The van der Waals surface area contributed by atoms with Crippen LogP contribution in [0, 0.1) is 24.6 Å². The molecule has 20 heavy (non-hydrogen) atoms. The number of rotatable bonds is 2. The van der Waals surface area contributed by atoms with Gasteiger partial charge in [0.15, 0.2) is 0 Å². The van der Waals surface area contributed by atoms with Crippen LogP contribution in [0.25, 0.3) is 11.1 Å². The standard InChI is InChI=1S/C13H10F2NO2S.K.H/c1-8-3-2-4-12(19(16,17)18)13(8)10-6-5-9(14)7-11(10)15;;/h2-3,5-7H,1H3,(H2,16,17,18);;. The Morgan fingerprint density at radius 3 is 2.40 bits per heavy atom. The molecule has 101 valence electrons. The third-order valence-corrected chi connectivity index (χ3v) is 3.55. The fraction of sp³-hybridized carbons (Fsp3) is 0.0769. The van der Waals surface area contributed by atoms with E-state index in [0.717, 1.165) is 6.07 Å². The molecule has 2 rings (SSSR count). The summed E-state index contributed by atoms with van der Waals surface area (Å²) >= 11 is 0. The molecule has 0 aromatic heterocycles. The Bertz CT molecular complexity index is 748. The SMILES string of the molecule is Cc1cc[c]c(S(N)(=O)=O)c1-c1ccc(F)cc1F.[KH]. The Morgan fingerprint density at radius 1 is 1.20 bits per heavy atom. The van der Waals surface area contributed by atoms with Gasteiger partial charge in [-0.1, -0.05) is 12.1 Å². The first-order valence-corrected chi connectivity index (χ1v) is 6.85. The van der Waals surface area contributed by atoms with E-state index in [9.17, 15) is 17.2 Å². The molecule has 0 atom stereocenters. The third-order valence-electron chi connectivity index (χ3n) is 2.65. The van der Waals surface area contributed by atoms with Crippen LogP contribution in [0.15, 0.2) is 35.2 Å². The molecule has 0 fully saturated rings. The van der Waals surface area contributed by atoms with Crippen molar-refractivity contribution in [2.45, 2.75) is 11.8 Å². The van der Waals surface area contributed by atoms with Gasteiger partial charge in [-0.15, -0.1) is 0 Å². The molecular formula is C13H11F2KNO2S. The average molecular weight is 322 g/mol. The number of primary sulfonamides is 1. The van der Waals surface area contributed by atoms with Crippen molar-refractivity contribution < 1.29 is 17.2 Å². The van der Waals surface area contributed by atoms with Gasteiger partial charge in [-0.3, -0.25) is 0 Å². The number of halogens is 2. The first kappa shape index (κ1) is 17.9. The molecule has 0 amide bonds. The van der Waals surface area contributed by atoms with Crippen LogP contribution in [-0.2, 0) is 10.0 Å². The van der Waals surface area contributed by atoms with Crippen molar-refractivity contribution in [1.82, 2.24) is 0 Å². The molecule has 2 aromatic carbocycles. The molecule has 2 N–H and O–H groups in total. The molecule has 1 radical (unpaired) electrons. The van der Waals surface area contributed by atoms with E-state index in [-0.39, 0.29) is 67.4 Å². The van der Waals surface area contributed by atoms with Gasteiger partial charge in [-0.05, 0) is 24.6 Å². The molecule has 0 saturated carbocycles. The topological polar surface area (TPSA) is 60.2 Å². The minimum atomic E-state index is -4.05. The van der Waals surface area contributed by atoms with Crippen molar-refractivity contribution in [3.8, 4) is 11.1 Å². The molecule has 0 spiro atoms. The van der Waals surface area contributed by atoms with E-state index in [4.69, 9.17) is 5.14 Å². The van der Waals surface area contributed by atoms with Crippen molar-refractivity contribution in [3.63, 3.8) is 0 Å². The van der Waals surface area contributed by atoms with Crippen molar-refractivity contribution in [2.75, 3.05) is 0 Å². The second kappa shape index (κ2) is 6.74. The predicted molar refractivity (Wildman–Crippen MR) is 73.9 cm³/mol. The van der Waals surface area contributed by atoms with Crippen molar-refractivity contribution in [2.24, 2.45) is 5.14 Å². The minimum absolute atomic E-state index is 0. The van der Waals surface area contributed by atoms with Crippen LogP contribution >= 0.6 is 0 Å². The second-order valence-electron chi connectivity index (χ2n) is 4.03. The second-order valence-corrected chi connectivity index (χ2v) is 5.53. The van der Waals surface area contributed by atoms with Crippen LogP contribution in [0.2, 0.25) is 0 Å². The average Bonchev–Trinajstić information content (AvgIpc) is 2.28. The Balaban J connectivity index is 0.00000200. The van der Waals surface area contributed by atoms with Crippen LogP contribution < -0.4 is 5.14 Å². The van der Waals surface area contributed by atoms with E-state index in [2.05, 4.69) is 6.07 Å². The third kappa shape index (κ3) is 3.73. The quantitative estimate of drug-likeness (QED) is 0.856. The molecule has 0 aliphatic rings. The molecule has 7 heteroatoms. The zero-order valence-corrected chi connectivity index (χ0v) is 10.8. The number of benzene rings is 2. The van der Waals surface area contributed by atoms with Crippen LogP contribution in [0.3, 0.4) is 0 Å². The summed E-state index contributed by atoms with van der Waals surface area (Å²) in [6, 6.07) is 8.37. The Kier molecular flexibility index (Phi) is 6.03. The van der Waals surface area contributed by atoms with E-state index in [1.807, 2.05) is 0 Å². The number of aryl methyl sites for hydroxylation is 1. The summed E-state index contributed by atoms with van der Waals surface area (Å²) in [5, 5.41) is 5.09. The molecule has 0 unspecified atom stereocenters. The van der Waals surface area contributed by atoms with Gasteiger partial charge >= 0.3 is 51.4 Å². The van der Waals surface area contributed by atoms with E-state index < -0.39 is 21.7 Å². The molecule has 0 aliphatic carbocycles. The van der Waals surface area contributed by atoms with Gasteiger partial charge in [0.25, 0.3) is 0 Å². The summed E-state index contributed by atoms with van der Waals surface area (Å²) < 4.78 is 49.7. The first-order chi connectivity index (χ1) is 8.80. The normalized spacial score (nSPS) is 11.0. The van der Waals surface area contributed by atoms with Crippen LogP contribution in [0.5, 0.6) is 0 Å². The Labute approximate surface area is 158 Å². The molecule has 0 aliphatic heterocycles. The van der Waals surface area contributed by atoms with E-state index in [1.54, 1.807) is 13.0 Å². The van der Waals surface area contributed by atoms with Gasteiger partial charge < -0.3 is 0 Å². The zero-order valence-electron chi connectivity index (χ0n) is 9.94. The number of nitrogens with two attached hydrogens (primary N) is 1. The van der Waals surface area contributed by atoms with Gasteiger partial charge in [-0.25, -0.2) is 22.3 Å². The van der Waals surface area contributed by atoms with Crippen molar-refractivity contribution in [3.05, 3.63) is 53.6 Å². The van der Waals surface area contributed by atoms with Gasteiger partial charge in [-0.2, -0.15) is 0 Å². The molecule has 2 aromatic rings. The molecule has 3 nitrogen and oxygen atoms in total. The summed E-state index contributed by atoms with van der Waals surface area (Å²) in [6.45, 7) is 1.61. The maximum atomic E-state index is 13.8. The van der Waals surface area contributed by atoms with Gasteiger partial charge in [0.1, 0.15) is 11.6 Å². The first-order valence-electron chi connectivity index (χ1n) is 5.30. The van der Waals surface area contributed by atoms with E-state index >= 15 is 0 Å². The number of sulfonamides is 1. The van der Waals surface area contributed by atoms with Gasteiger partial charge in [0.2, 0.25) is 10.0 Å². The fourth-order valence-corrected chi connectivity index (χ4v) is 2.62. The maximum absolute atomic E-state index is 13.8. The molecular weight excluding hydrogens is 311 g/mol. The van der Waals surface area contributed by atoms with Gasteiger partial charge in [0, 0.05) is 23.3 Å². The number of hydrogen-bond acceptors (Lipinski definition) is 2. The zero-order chi connectivity index (χ0) is 14.2. The summed E-state index contributed by atoms with van der Waals surface area (Å²) in [5.74, 6) is -1.59. The summed E-state index contributed by atoms with van der Waals surface area (Å²) in [4.78, 5) is -0.307. The molecule has 0 bridgehead atoms. The molecule has 0 heterocycles. The van der Waals surface area contributed by atoms with Crippen LogP contribution in [-0.4, -0.2) is 59.8 Å². The van der Waals surface area contributed by atoms with E-state index in [0.29, 0.717) is 11.6 Å². The Hall–Kier alpha value is -0.154.